The number of aryl methyl sites for hydroxylation is 1. The highest BCUT2D eigenvalue weighted by atomic mass is 79.9. The number of hydrogen-bond acceptors (Lipinski definition) is 3. The Balaban J connectivity index is 1.64. The molecule has 3 aromatic carbocycles. The summed E-state index contributed by atoms with van der Waals surface area (Å²) in [5.41, 5.74) is 2.24. The molecule has 1 aromatic heterocycles. The van der Waals surface area contributed by atoms with Crippen LogP contribution in [0.15, 0.2) is 76.0 Å². The second kappa shape index (κ2) is 7.78. The zero-order valence-electron chi connectivity index (χ0n) is 15.0. The van der Waals surface area contributed by atoms with Crippen molar-refractivity contribution in [3.8, 4) is 11.4 Å². The van der Waals surface area contributed by atoms with Gasteiger partial charge >= 0.3 is 0 Å². The molecule has 0 aliphatic carbocycles. The summed E-state index contributed by atoms with van der Waals surface area (Å²) in [5.74, 6) is 1.33. The molecule has 1 heterocycles. The van der Waals surface area contributed by atoms with Crippen molar-refractivity contribution in [3.63, 3.8) is 0 Å². The molecule has 4 aromatic rings. The monoisotopic (exact) mass is 454 g/mol. The van der Waals surface area contributed by atoms with Crippen molar-refractivity contribution in [2.75, 3.05) is 0 Å². The van der Waals surface area contributed by atoms with Crippen LogP contribution < -0.4 is 10.3 Å². The lowest BCUT2D eigenvalue weighted by Gasteiger charge is -2.12. The van der Waals surface area contributed by atoms with Crippen molar-refractivity contribution in [3.05, 3.63) is 98.0 Å². The fraction of sp³-hybridized carbons (Fsp3) is 0.0909. The molecule has 140 valence electrons. The van der Waals surface area contributed by atoms with Gasteiger partial charge in [0.25, 0.3) is 5.56 Å². The third-order valence-electron chi connectivity index (χ3n) is 4.45. The number of benzene rings is 3. The summed E-state index contributed by atoms with van der Waals surface area (Å²) in [5, 5.41) is 1.24. The standard InChI is InChI=1S/C22H16BrClN2O2/c1-14-25-21-11-6-16(23)12-19(21)22(27)26(14)17-7-9-18(10-8-17)28-13-15-4-2-3-5-20(15)24/h2-12H,13H2,1H3. The molecule has 0 fully saturated rings. The number of fused-ring (bicyclic) bond motifs is 1. The maximum atomic E-state index is 13.0. The lowest BCUT2D eigenvalue weighted by molar-refractivity contribution is 0.306. The second-order valence-corrected chi connectivity index (χ2v) is 7.66. The number of hydrogen-bond donors (Lipinski definition) is 0. The zero-order valence-corrected chi connectivity index (χ0v) is 17.4. The average molecular weight is 456 g/mol. The fourth-order valence-electron chi connectivity index (χ4n) is 3.04. The van der Waals surface area contributed by atoms with Gasteiger partial charge in [0.2, 0.25) is 0 Å². The molecule has 0 radical (unpaired) electrons. The Morgan fingerprint density at radius 1 is 1.07 bits per heavy atom. The molecule has 0 unspecified atom stereocenters. The molecule has 4 nitrogen and oxygen atoms in total. The second-order valence-electron chi connectivity index (χ2n) is 6.34. The van der Waals surface area contributed by atoms with Crippen LogP contribution in [0.5, 0.6) is 5.75 Å². The predicted octanol–water partition coefficient (Wildman–Crippen LogP) is 5.69. The molecule has 0 N–H and O–H groups in total. The van der Waals surface area contributed by atoms with Gasteiger partial charge in [0.15, 0.2) is 0 Å². The Kier molecular flexibility index (Phi) is 5.20. The maximum Gasteiger partial charge on any atom is 0.265 e. The van der Waals surface area contributed by atoms with Gasteiger partial charge in [-0.3, -0.25) is 9.36 Å². The summed E-state index contributed by atoms with van der Waals surface area (Å²) in [6, 6.07) is 20.5. The first kappa shape index (κ1) is 18.7. The van der Waals surface area contributed by atoms with Gasteiger partial charge in [-0.25, -0.2) is 4.98 Å². The van der Waals surface area contributed by atoms with E-state index >= 15 is 0 Å². The fourth-order valence-corrected chi connectivity index (χ4v) is 3.59. The summed E-state index contributed by atoms with van der Waals surface area (Å²) < 4.78 is 8.27. The van der Waals surface area contributed by atoms with Crippen LogP contribution in [0, 0.1) is 6.92 Å². The molecule has 0 atom stereocenters. The van der Waals surface area contributed by atoms with Crippen molar-refractivity contribution in [2.24, 2.45) is 0 Å². The molecule has 28 heavy (non-hydrogen) atoms. The van der Waals surface area contributed by atoms with Crippen LogP contribution in [0.1, 0.15) is 11.4 Å². The van der Waals surface area contributed by atoms with Crippen LogP contribution in [0.2, 0.25) is 5.02 Å². The number of halogens is 2. The van der Waals surface area contributed by atoms with Gasteiger partial charge in [0, 0.05) is 15.1 Å². The van der Waals surface area contributed by atoms with Gasteiger partial charge in [-0.1, -0.05) is 45.7 Å². The van der Waals surface area contributed by atoms with E-state index in [1.54, 1.807) is 10.6 Å². The van der Waals surface area contributed by atoms with E-state index in [0.29, 0.717) is 34.1 Å². The van der Waals surface area contributed by atoms with Crippen molar-refractivity contribution in [2.45, 2.75) is 13.5 Å². The highest BCUT2D eigenvalue weighted by Gasteiger charge is 2.10. The molecule has 0 aliphatic rings. The van der Waals surface area contributed by atoms with Gasteiger partial charge in [-0.05, 0) is 55.5 Å². The van der Waals surface area contributed by atoms with E-state index < -0.39 is 0 Å². The highest BCUT2D eigenvalue weighted by molar-refractivity contribution is 9.10. The SMILES string of the molecule is Cc1nc2ccc(Br)cc2c(=O)n1-c1ccc(OCc2ccccc2Cl)cc1. The Bertz CT molecular complexity index is 1220. The summed E-state index contributed by atoms with van der Waals surface area (Å²) in [4.78, 5) is 17.5. The van der Waals surface area contributed by atoms with Crippen molar-refractivity contribution in [1.82, 2.24) is 9.55 Å². The Morgan fingerprint density at radius 2 is 1.82 bits per heavy atom. The van der Waals surface area contributed by atoms with E-state index in [1.165, 1.54) is 0 Å². The Morgan fingerprint density at radius 3 is 2.57 bits per heavy atom. The summed E-state index contributed by atoms with van der Waals surface area (Å²) in [6.45, 7) is 2.20. The number of ether oxygens (including phenoxy) is 1. The first-order valence-electron chi connectivity index (χ1n) is 8.68. The molecule has 0 bridgehead atoms. The molecule has 6 heteroatoms. The van der Waals surface area contributed by atoms with Crippen LogP contribution in [-0.2, 0) is 6.61 Å². The zero-order chi connectivity index (χ0) is 19.7. The molecule has 0 saturated carbocycles. The van der Waals surface area contributed by atoms with E-state index in [1.807, 2.05) is 67.6 Å². The van der Waals surface area contributed by atoms with Crippen molar-refractivity contribution < 1.29 is 4.74 Å². The minimum Gasteiger partial charge on any atom is -0.489 e. The normalized spacial score (nSPS) is 11.0. The van der Waals surface area contributed by atoms with E-state index in [2.05, 4.69) is 20.9 Å². The van der Waals surface area contributed by atoms with E-state index in [-0.39, 0.29) is 5.56 Å². The van der Waals surface area contributed by atoms with Gasteiger partial charge in [-0.15, -0.1) is 0 Å². The minimum absolute atomic E-state index is 0.103. The molecular weight excluding hydrogens is 440 g/mol. The number of nitrogens with zero attached hydrogens (tertiary/aromatic N) is 2. The van der Waals surface area contributed by atoms with Crippen LogP contribution in [0.3, 0.4) is 0 Å². The van der Waals surface area contributed by atoms with Crippen molar-refractivity contribution in [1.29, 1.82) is 0 Å². The Hall–Kier alpha value is -2.63. The molecular formula is C22H16BrClN2O2. The Labute approximate surface area is 175 Å². The van der Waals surface area contributed by atoms with Gasteiger partial charge in [0.05, 0.1) is 16.6 Å². The molecule has 0 saturated heterocycles. The summed E-state index contributed by atoms with van der Waals surface area (Å²) in [7, 11) is 0. The average Bonchev–Trinajstić information content (AvgIpc) is 2.69. The molecule has 4 rings (SSSR count). The van der Waals surface area contributed by atoms with E-state index in [4.69, 9.17) is 16.3 Å². The maximum absolute atomic E-state index is 13.0. The largest absolute Gasteiger partial charge is 0.489 e. The van der Waals surface area contributed by atoms with Gasteiger partial charge in [0.1, 0.15) is 18.2 Å². The molecule has 0 aliphatic heterocycles. The van der Waals surface area contributed by atoms with Crippen LogP contribution >= 0.6 is 27.5 Å². The lowest BCUT2D eigenvalue weighted by atomic mass is 10.2. The summed E-state index contributed by atoms with van der Waals surface area (Å²) in [6.07, 6.45) is 0. The van der Waals surface area contributed by atoms with Gasteiger partial charge < -0.3 is 4.74 Å². The predicted molar refractivity (Wildman–Crippen MR) is 116 cm³/mol. The number of aromatic nitrogens is 2. The van der Waals surface area contributed by atoms with Gasteiger partial charge in [-0.2, -0.15) is 0 Å². The van der Waals surface area contributed by atoms with Crippen molar-refractivity contribution >= 4 is 38.4 Å². The van der Waals surface area contributed by atoms with E-state index in [0.717, 1.165) is 15.7 Å². The minimum atomic E-state index is -0.103. The van der Waals surface area contributed by atoms with Crippen LogP contribution in [0.25, 0.3) is 16.6 Å². The smallest absolute Gasteiger partial charge is 0.265 e. The first-order valence-corrected chi connectivity index (χ1v) is 9.85. The first-order chi connectivity index (χ1) is 13.5. The van der Waals surface area contributed by atoms with Crippen LogP contribution in [0.4, 0.5) is 0 Å². The van der Waals surface area contributed by atoms with Crippen LogP contribution in [-0.4, -0.2) is 9.55 Å². The third-order valence-corrected chi connectivity index (χ3v) is 5.31. The third kappa shape index (κ3) is 3.68. The summed E-state index contributed by atoms with van der Waals surface area (Å²) >= 11 is 9.58. The van der Waals surface area contributed by atoms with E-state index in [9.17, 15) is 4.79 Å². The lowest BCUT2D eigenvalue weighted by Crippen LogP contribution is -2.22. The molecule has 0 amide bonds. The molecule has 0 spiro atoms. The number of rotatable bonds is 4. The highest BCUT2D eigenvalue weighted by Crippen LogP contribution is 2.21. The quantitative estimate of drug-likeness (QED) is 0.397. The topological polar surface area (TPSA) is 44.1 Å².